The van der Waals surface area contributed by atoms with Crippen molar-refractivity contribution in [3.8, 4) is 0 Å². The molecule has 1 atom stereocenters. The second-order valence-electron chi connectivity index (χ2n) is 5.69. The SMILES string of the molecule is CC[Si](CC)(CC)O/C=C/C(c1ccccc1)C(F)(F)C(=O)OC. The third-order valence-corrected chi connectivity index (χ3v) is 9.03. The summed E-state index contributed by atoms with van der Waals surface area (Å²) >= 11 is 0. The van der Waals surface area contributed by atoms with E-state index in [2.05, 4.69) is 25.5 Å². The third kappa shape index (κ3) is 4.66. The number of rotatable bonds is 9. The maximum absolute atomic E-state index is 14.5. The molecule has 0 heterocycles. The van der Waals surface area contributed by atoms with Crippen molar-refractivity contribution in [2.75, 3.05) is 7.11 Å². The molecule has 1 unspecified atom stereocenters. The van der Waals surface area contributed by atoms with Crippen LogP contribution < -0.4 is 0 Å². The third-order valence-electron chi connectivity index (χ3n) is 4.53. The summed E-state index contributed by atoms with van der Waals surface area (Å²) in [4.78, 5) is 11.5. The molecule has 6 heteroatoms. The highest BCUT2D eigenvalue weighted by atomic mass is 28.4. The topological polar surface area (TPSA) is 35.5 Å². The van der Waals surface area contributed by atoms with E-state index in [1.807, 2.05) is 0 Å². The lowest BCUT2D eigenvalue weighted by Crippen LogP contribution is -2.36. The minimum absolute atomic E-state index is 0.338. The van der Waals surface area contributed by atoms with Gasteiger partial charge >= 0.3 is 11.9 Å². The molecule has 0 aliphatic carbocycles. The number of alkyl halides is 2. The van der Waals surface area contributed by atoms with Crippen LogP contribution in [0.4, 0.5) is 8.78 Å². The Morgan fingerprint density at radius 2 is 1.71 bits per heavy atom. The number of allylic oxidation sites excluding steroid dienone is 1. The number of carbonyl (C=O) groups is 1. The Balaban J connectivity index is 3.12. The Labute approximate surface area is 143 Å². The van der Waals surface area contributed by atoms with Gasteiger partial charge in [-0.1, -0.05) is 51.1 Å². The first-order chi connectivity index (χ1) is 11.4. The number of methoxy groups -OCH3 is 1. The van der Waals surface area contributed by atoms with Crippen LogP contribution in [-0.4, -0.2) is 27.3 Å². The summed E-state index contributed by atoms with van der Waals surface area (Å²) in [6.45, 7) is 6.18. The first kappa shape index (κ1) is 20.4. The second kappa shape index (κ2) is 8.96. The Hall–Kier alpha value is -1.69. The highest BCUT2D eigenvalue weighted by Crippen LogP contribution is 2.36. The molecule has 1 rings (SSSR count). The van der Waals surface area contributed by atoms with Crippen molar-refractivity contribution in [3.05, 3.63) is 48.2 Å². The van der Waals surface area contributed by atoms with Gasteiger partial charge in [-0.15, -0.1) is 0 Å². The van der Waals surface area contributed by atoms with Gasteiger partial charge in [-0.05, 0) is 29.8 Å². The fraction of sp³-hybridized carbons (Fsp3) is 0.500. The summed E-state index contributed by atoms with van der Waals surface area (Å²) in [5.41, 5.74) is 0.338. The van der Waals surface area contributed by atoms with Crippen LogP contribution in [-0.2, 0) is 14.0 Å². The molecule has 0 N–H and O–H groups in total. The van der Waals surface area contributed by atoms with Gasteiger partial charge in [0.2, 0.25) is 8.32 Å². The largest absolute Gasteiger partial charge is 0.549 e. The maximum Gasteiger partial charge on any atom is 0.377 e. The van der Waals surface area contributed by atoms with E-state index in [4.69, 9.17) is 4.43 Å². The molecule has 0 amide bonds. The number of hydrogen-bond donors (Lipinski definition) is 0. The number of esters is 1. The quantitative estimate of drug-likeness (QED) is 0.350. The van der Waals surface area contributed by atoms with Crippen LogP contribution in [0.5, 0.6) is 0 Å². The van der Waals surface area contributed by atoms with Crippen molar-refractivity contribution in [1.29, 1.82) is 0 Å². The molecule has 0 radical (unpaired) electrons. The van der Waals surface area contributed by atoms with Crippen LogP contribution >= 0.6 is 0 Å². The van der Waals surface area contributed by atoms with Gasteiger partial charge in [0.1, 0.15) is 0 Å². The van der Waals surface area contributed by atoms with Crippen molar-refractivity contribution < 1.29 is 22.7 Å². The van der Waals surface area contributed by atoms with Gasteiger partial charge in [0.05, 0.1) is 19.3 Å². The number of benzene rings is 1. The van der Waals surface area contributed by atoms with Gasteiger partial charge in [-0.25, -0.2) is 4.79 Å². The summed E-state index contributed by atoms with van der Waals surface area (Å²) in [6, 6.07) is 10.9. The summed E-state index contributed by atoms with van der Waals surface area (Å²) < 4.78 is 39.1. The van der Waals surface area contributed by atoms with Gasteiger partial charge in [0.15, 0.2) is 0 Å². The molecule has 0 fully saturated rings. The average molecular weight is 356 g/mol. The fourth-order valence-corrected chi connectivity index (χ4v) is 4.99. The van der Waals surface area contributed by atoms with Crippen LogP contribution in [0.15, 0.2) is 42.7 Å². The smallest absolute Gasteiger partial charge is 0.377 e. The van der Waals surface area contributed by atoms with Crippen LogP contribution in [0, 0.1) is 0 Å². The van der Waals surface area contributed by atoms with Crippen LogP contribution in [0.3, 0.4) is 0 Å². The van der Waals surface area contributed by atoms with Gasteiger partial charge in [0, 0.05) is 0 Å². The van der Waals surface area contributed by atoms with Gasteiger partial charge < -0.3 is 9.16 Å². The lowest BCUT2D eigenvalue weighted by atomic mass is 9.92. The fourth-order valence-electron chi connectivity index (χ4n) is 2.63. The molecule has 3 nitrogen and oxygen atoms in total. The molecule has 0 bridgehead atoms. The minimum Gasteiger partial charge on any atom is -0.549 e. The van der Waals surface area contributed by atoms with E-state index in [0.29, 0.717) is 5.56 Å². The van der Waals surface area contributed by atoms with Crippen LogP contribution in [0.2, 0.25) is 18.1 Å². The van der Waals surface area contributed by atoms with Crippen LogP contribution in [0.25, 0.3) is 0 Å². The molecule has 1 aromatic carbocycles. The van der Waals surface area contributed by atoms with E-state index >= 15 is 0 Å². The Morgan fingerprint density at radius 1 is 1.17 bits per heavy atom. The van der Waals surface area contributed by atoms with Crippen molar-refractivity contribution in [2.45, 2.75) is 50.7 Å². The molecule has 24 heavy (non-hydrogen) atoms. The van der Waals surface area contributed by atoms with E-state index in [1.165, 1.54) is 12.3 Å². The van der Waals surface area contributed by atoms with E-state index in [-0.39, 0.29) is 0 Å². The van der Waals surface area contributed by atoms with Crippen molar-refractivity contribution in [2.24, 2.45) is 0 Å². The first-order valence-electron chi connectivity index (χ1n) is 8.22. The van der Waals surface area contributed by atoms with Crippen LogP contribution in [0.1, 0.15) is 32.3 Å². The van der Waals surface area contributed by atoms with E-state index < -0.39 is 26.1 Å². The molecule has 0 aromatic heterocycles. The highest BCUT2D eigenvalue weighted by molar-refractivity contribution is 6.73. The molecule has 0 aliphatic heterocycles. The number of carbonyl (C=O) groups excluding carboxylic acids is 1. The predicted octanol–water partition coefficient (Wildman–Crippen LogP) is 5.11. The normalized spacial score (nSPS) is 13.8. The molecule has 0 saturated heterocycles. The van der Waals surface area contributed by atoms with E-state index in [0.717, 1.165) is 25.2 Å². The summed E-state index contributed by atoms with van der Waals surface area (Å²) in [5.74, 6) is -6.64. The Kier molecular flexibility index (Phi) is 7.60. The molecule has 0 saturated carbocycles. The zero-order valence-electron chi connectivity index (χ0n) is 14.7. The average Bonchev–Trinajstić information content (AvgIpc) is 2.62. The van der Waals surface area contributed by atoms with Gasteiger partial charge in [-0.2, -0.15) is 8.78 Å². The lowest BCUT2D eigenvalue weighted by Gasteiger charge is -2.27. The number of halogens is 2. The zero-order valence-corrected chi connectivity index (χ0v) is 15.7. The Morgan fingerprint density at radius 3 is 2.17 bits per heavy atom. The molecule has 0 spiro atoms. The minimum atomic E-state index is -3.66. The molecule has 134 valence electrons. The molecule has 1 aromatic rings. The second-order valence-corrected chi connectivity index (χ2v) is 10.4. The first-order valence-corrected chi connectivity index (χ1v) is 10.8. The predicted molar refractivity (Wildman–Crippen MR) is 93.6 cm³/mol. The zero-order chi connectivity index (χ0) is 18.2. The Bertz CT molecular complexity index is 534. The van der Waals surface area contributed by atoms with Crippen molar-refractivity contribution in [3.63, 3.8) is 0 Å². The molecular formula is C18H26F2O3Si. The van der Waals surface area contributed by atoms with E-state index in [9.17, 15) is 13.6 Å². The maximum atomic E-state index is 14.5. The molecule has 0 aliphatic rings. The standard InChI is InChI=1S/C18H26F2O3Si/c1-5-24(6-2,7-3)23-14-13-16(15-11-9-8-10-12-15)18(19,20)17(21)22-4/h8-14,16H,5-7H2,1-4H3/b14-13+. The van der Waals surface area contributed by atoms with Crippen molar-refractivity contribution in [1.82, 2.24) is 0 Å². The monoisotopic (exact) mass is 356 g/mol. The van der Waals surface area contributed by atoms with E-state index in [1.54, 1.807) is 30.3 Å². The number of ether oxygens (including phenoxy) is 1. The summed E-state index contributed by atoms with van der Waals surface area (Å²) in [6.07, 6.45) is 2.63. The van der Waals surface area contributed by atoms with Gasteiger partial charge in [-0.3, -0.25) is 0 Å². The summed E-state index contributed by atoms with van der Waals surface area (Å²) in [7, 11) is -0.968. The number of hydrogen-bond acceptors (Lipinski definition) is 3. The summed E-state index contributed by atoms with van der Waals surface area (Å²) in [5, 5.41) is 0. The highest BCUT2D eigenvalue weighted by Gasteiger charge is 2.48. The van der Waals surface area contributed by atoms with Gasteiger partial charge in [0.25, 0.3) is 0 Å². The molecular weight excluding hydrogens is 330 g/mol. The van der Waals surface area contributed by atoms with Crippen molar-refractivity contribution >= 4 is 14.3 Å². The lowest BCUT2D eigenvalue weighted by molar-refractivity contribution is -0.170.